The molecule has 2 heterocycles. The van der Waals surface area contributed by atoms with Crippen molar-refractivity contribution in [3.63, 3.8) is 0 Å². The smallest absolute Gasteiger partial charge is 0.254 e. The van der Waals surface area contributed by atoms with Crippen LogP contribution >= 0.6 is 22.9 Å². The second-order valence-corrected chi connectivity index (χ2v) is 8.70. The predicted octanol–water partition coefficient (Wildman–Crippen LogP) is 1.98. The monoisotopic (exact) mass is 310 g/mol. The molecule has 0 bridgehead atoms. The first-order chi connectivity index (χ1) is 8.21. The van der Waals surface area contributed by atoms with Crippen molar-refractivity contribution in [2.75, 3.05) is 13.1 Å². The van der Waals surface area contributed by atoms with E-state index in [-0.39, 0.29) is 14.8 Å². The summed E-state index contributed by atoms with van der Waals surface area (Å²) in [4.78, 5) is 3.78. The maximum Gasteiger partial charge on any atom is 0.254 e. The lowest BCUT2D eigenvalue weighted by atomic mass is 10.1. The Morgan fingerprint density at radius 2 is 2.28 bits per heavy atom. The molecule has 5 nitrogen and oxygen atoms in total. The average Bonchev–Trinajstić information content (AvgIpc) is 2.62. The second kappa shape index (κ2) is 4.72. The van der Waals surface area contributed by atoms with Gasteiger partial charge in [-0.25, -0.2) is 13.4 Å². The van der Waals surface area contributed by atoms with Crippen LogP contribution < -0.4 is 0 Å². The highest BCUT2D eigenvalue weighted by Crippen LogP contribution is 2.30. The highest BCUT2D eigenvalue weighted by molar-refractivity contribution is 7.91. The average molecular weight is 311 g/mol. The molecule has 1 atom stereocenters. The van der Waals surface area contributed by atoms with E-state index in [2.05, 4.69) is 4.98 Å². The summed E-state index contributed by atoms with van der Waals surface area (Å²) in [6.45, 7) is 6.30. The Labute approximate surface area is 116 Å². The maximum absolute atomic E-state index is 12.4. The Hall–Kier alpha value is -0.210. The zero-order valence-corrected chi connectivity index (χ0v) is 12.8. The standard InChI is InChI=1S/C10H15ClN2O3S2/c1-7-5-13(6-10(2,3)16-7)18(14,15)8-4-12-9(11)17-8/h4,7H,5-6H2,1-3H3. The molecule has 0 radical (unpaired) electrons. The summed E-state index contributed by atoms with van der Waals surface area (Å²) < 4.78 is 32.4. The van der Waals surface area contributed by atoms with Crippen LogP contribution in [0.2, 0.25) is 4.47 Å². The number of morpholine rings is 1. The van der Waals surface area contributed by atoms with E-state index in [1.165, 1.54) is 10.5 Å². The molecule has 1 aromatic rings. The minimum Gasteiger partial charge on any atom is -0.370 e. The van der Waals surface area contributed by atoms with E-state index >= 15 is 0 Å². The van der Waals surface area contributed by atoms with Gasteiger partial charge in [-0.2, -0.15) is 4.31 Å². The minimum absolute atomic E-state index is 0.132. The fraction of sp³-hybridized carbons (Fsp3) is 0.700. The molecule has 1 unspecified atom stereocenters. The van der Waals surface area contributed by atoms with Gasteiger partial charge in [0.25, 0.3) is 10.0 Å². The van der Waals surface area contributed by atoms with Gasteiger partial charge in [-0.1, -0.05) is 22.9 Å². The van der Waals surface area contributed by atoms with Crippen molar-refractivity contribution in [2.24, 2.45) is 0 Å². The maximum atomic E-state index is 12.4. The molecular weight excluding hydrogens is 296 g/mol. The van der Waals surface area contributed by atoms with Crippen LogP contribution in [-0.2, 0) is 14.8 Å². The van der Waals surface area contributed by atoms with Crippen molar-refractivity contribution < 1.29 is 13.2 Å². The van der Waals surface area contributed by atoms with Gasteiger partial charge in [-0.05, 0) is 20.8 Å². The van der Waals surface area contributed by atoms with Crippen LogP contribution in [0.15, 0.2) is 10.4 Å². The summed E-state index contributed by atoms with van der Waals surface area (Å²) in [5, 5.41) is 0. The first-order valence-corrected chi connectivity index (χ1v) is 8.13. The number of hydrogen-bond donors (Lipinski definition) is 0. The van der Waals surface area contributed by atoms with E-state index in [4.69, 9.17) is 16.3 Å². The minimum atomic E-state index is -3.52. The van der Waals surface area contributed by atoms with E-state index in [0.29, 0.717) is 13.1 Å². The fourth-order valence-electron chi connectivity index (χ4n) is 2.06. The quantitative estimate of drug-likeness (QED) is 0.838. The van der Waals surface area contributed by atoms with Gasteiger partial charge in [0.1, 0.15) is 0 Å². The Balaban J connectivity index is 2.30. The fourth-order valence-corrected chi connectivity index (χ4v) is 5.18. The van der Waals surface area contributed by atoms with E-state index in [0.717, 1.165) is 11.3 Å². The normalized spacial score (nSPS) is 25.2. The zero-order valence-electron chi connectivity index (χ0n) is 10.4. The lowest BCUT2D eigenvalue weighted by molar-refractivity contribution is -0.109. The van der Waals surface area contributed by atoms with Gasteiger partial charge in [0.05, 0.1) is 17.9 Å². The summed E-state index contributed by atoms with van der Waals surface area (Å²) in [5.74, 6) is 0. The van der Waals surface area contributed by atoms with Crippen LogP contribution in [0.4, 0.5) is 0 Å². The molecule has 1 saturated heterocycles. The Bertz CT molecular complexity index is 541. The van der Waals surface area contributed by atoms with Gasteiger partial charge in [0.2, 0.25) is 0 Å². The number of sulfonamides is 1. The van der Waals surface area contributed by atoms with Crippen molar-refractivity contribution in [1.29, 1.82) is 0 Å². The van der Waals surface area contributed by atoms with Crippen molar-refractivity contribution >= 4 is 33.0 Å². The Morgan fingerprint density at radius 1 is 1.61 bits per heavy atom. The first-order valence-electron chi connectivity index (χ1n) is 5.50. The van der Waals surface area contributed by atoms with E-state index < -0.39 is 15.6 Å². The SMILES string of the molecule is CC1CN(S(=O)(=O)c2cnc(Cl)s2)CC(C)(C)O1. The van der Waals surface area contributed by atoms with Crippen LogP contribution in [-0.4, -0.2) is 42.5 Å². The molecule has 1 fully saturated rings. The molecule has 0 amide bonds. The summed E-state index contributed by atoms with van der Waals surface area (Å²) in [5.41, 5.74) is -0.487. The molecule has 18 heavy (non-hydrogen) atoms. The Kier molecular flexibility index (Phi) is 3.72. The molecule has 0 aliphatic carbocycles. The van der Waals surface area contributed by atoms with Crippen molar-refractivity contribution in [3.8, 4) is 0 Å². The van der Waals surface area contributed by atoms with Crippen LogP contribution in [0.5, 0.6) is 0 Å². The van der Waals surface area contributed by atoms with E-state index in [1.54, 1.807) is 0 Å². The third-order valence-corrected chi connectivity index (χ3v) is 5.95. The van der Waals surface area contributed by atoms with Gasteiger partial charge in [-0.3, -0.25) is 0 Å². The molecule has 1 aromatic heterocycles. The highest BCUT2D eigenvalue weighted by Gasteiger charge is 2.38. The number of hydrogen-bond acceptors (Lipinski definition) is 5. The van der Waals surface area contributed by atoms with E-state index in [9.17, 15) is 8.42 Å². The van der Waals surface area contributed by atoms with Gasteiger partial charge in [-0.15, -0.1) is 0 Å². The van der Waals surface area contributed by atoms with Gasteiger partial charge < -0.3 is 4.74 Å². The molecule has 1 aliphatic rings. The molecule has 0 saturated carbocycles. The van der Waals surface area contributed by atoms with Crippen LogP contribution in [0, 0.1) is 0 Å². The molecule has 2 rings (SSSR count). The highest BCUT2D eigenvalue weighted by atomic mass is 35.5. The van der Waals surface area contributed by atoms with Crippen molar-refractivity contribution in [2.45, 2.75) is 36.7 Å². The topological polar surface area (TPSA) is 59.5 Å². The van der Waals surface area contributed by atoms with Gasteiger partial charge >= 0.3 is 0 Å². The van der Waals surface area contributed by atoms with Crippen molar-refractivity contribution in [1.82, 2.24) is 9.29 Å². The van der Waals surface area contributed by atoms with Gasteiger partial charge in [0.15, 0.2) is 8.68 Å². The molecule has 0 spiro atoms. The molecule has 0 N–H and O–H groups in total. The lowest BCUT2D eigenvalue weighted by Gasteiger charge is -2.40. The summed E-state index contributed by atoms with van der Waals surface area (Å²) >= 11 is 6.66. The molecule has 1 aliphatic heterocycles. The number of halogens is 1. The number of nitrogens with zero attached hydrogens (tertiary/aromatic N) is 2. The van der Waals surface area contributed by atoms with Crippen LogP contribution in [0.3, 0.4) is 0 Å². The Morgan fingerprint density at radius 3 is 2.78 bits per heavy atom. The van der Waals surface area contributed by atoms with Crippen LogP contribution in [0.1, 0.15) is 20.8 Å². The van der Waals surface area contributed by atoms with Crippen molar-refractivity contribution in [3.05, 3.63) is 10.7 Å². The molecule has 8 heteroatoms. The summed E-state index contributed by atoms with van der Waals surface area (Å²) in [6, 6.07) is 0. The van der Waals surface area contributed by atoms with Crippen LogP contribution in [0.25, 0.3) is 0 Å². The first kappa shape index (κ1) is 14.2. The number of rotatable bonds is 2. The molecular formula is C10H15ClN2O3S2. The number of thiazole rings is 1. The second-order valence-electron chi connectivity index (χ2n) is 4.92. The summed E-state index contributed by atoms with van der Waals surface area (Å²) in [6.07, 6.45) is 1.17. The predicted molar refractivity (Wildman–Crippen MR) is 70.5 cm³/mol. The summed E-state index contributed by atoms with van der Waals surface area (Å²) in [7, 11) is -3.52. The lowest BCUT2D eigenvalue weighted by Crippen LogP contribution is -2.53. The largest absolute Gasteiger partial charge is 0.370 e. The number of ether oxygens (including phenoxy) is 1. The van der Waals surface area contributed by atoms with Gasteiger partial charge in [0, 0.05) is 13.1 Å². The molecule has 0 aromatic carbocycles. The third kappa shape index (κ3) is 2.85. The molecule has 102 valence electrons. The third-order valence-electron chi connectivity index (χ3n) is 2.59. The van der Waals surface area contributed by atoms with E-state index in [1.807, 2.05) is 20.8 Å². The number of aromatic nitrogens is 1. The zero-order chi connectivity index (χ0) is 13.6.